The number of hydrogen-bond acceptors (Lipinski definition) is 4. The van der Waals surface area contributed by atoms with Gasteiger partial charge in [0, 0.05) is 35.6 Å². The number of nitrogens with zero attached hydrogens (tertiary/aromatic N) is 2. The van der Waals surface area contributed by atoms with Gasteiger partial charge in [0.05, 0.1) is 24.8 Å². The lowest BCUT2D eigenvalue weighted by Gasteiger charge is -2.35. The highest BCUT2D eigenvalue weighted by molar-refractivity contribution is 6.31. The molecule has 1 N–H and O–H groups in total. The average molecular weight is 430 g/mol. The average Bonchev–Trinajstić information content (AvgIpc) is 2.75. The fourth-order valence-corrected chi connectivity index (χ4v) is 4.02. The summed E-state index contributed by atoms with van der Waals surface area (Å²) < 4.78 is 5.48. The molecule has 1 aromatic heterocycles. The van der Waals surface area contributed by atoms with E-state index in [4.69, 9.17) is 27.9 Å². The van der Waals surface area contributed by atoms with Crippen LogP contribution in [0.1, 0.15) is 22.0 Å². The maximum Gasteiger partial charge on any atom is 0.251 e. The zero-order valence-electron chi connectivity index (χ0n) is 15.8. The van der Waals surface area contributed by atoms with Gasteiger partial charge in [-0.2, -0.15) is 0 Å². The van der Waals surface area contributed by atoms with E-state index >= 15 is 0 Å². The number of pyridine rings is 1. The van der Waals surface area contributed by atoms with E-state index in [1.54, 1.807) is 12.1 Å². The third-order valence-electron chi connectivity index (χ3n) is 5.12. The minimum Gasteiger partial charge on any atom is -0.379 e. The van der Waals surface area contributed by atoms with Crippen LogP contribution in [0, 0.1) is 0 Å². The largest absolute Gasteiger partial charge is 0.379 e. The summed E-state index contributed by atoms with van der Waals surface area (Å²) in [5.74, 6) is -0.132. The minimum atomic E-state index is -0.132. The number of carbonyl (C=O) groups excluding carboxylic acids is 1. The topological polar surface area (TPSA) is 54.5 Å². The molecule has 0 radical (unpaired) electrons. The van der Waals surface area contributed by atoms with E-state index in [0.717, 1.165) is 29.6 Å². The maximum absolute atomic E-state index is 12.8. The van der Waals surface area contributed by atoms with Crippen LogP contribution in [0.25, 0.3) is 10.9 Å². The molecule has 1 amide bonds. The lowest BCUT2D eigenvalue weighted by Crippen LogP contribution is -2.44. The van der Waals surface area contributed by atoms with Gasteiger partial charge in [-0.3, -0.25) is 9.69 Å². The molecule has 2 heterocycles. The zero-order valence-corrected chi connectivity index (χ0v) is 17.3. The molecule has 1 saturated heterocycles. The van der Waals surface area contributed by atoms with Crippen molar-refractivity contribution in [1.29, 1.82) is 0 Å². The molecular weight excluding hydrogens is 409 g/mol. The zero-order chi connectivity index (χ0) is 20.2. The number of carbonyl (C=O) groups is 1. The Balaban J connectivity index is 1.53. The molecule has 1 aliphatic heterocycles. The van der Waals surface area contributed by atoms with E-state index in [1.165, 1.54) is 0 Å². The van der Waals surface area contributed by atoms with Gasteiger partial charge in [-0.1, -0.05) is 41.4 Å². The molecular formula is C22H21Cl2N3O2. The summed E-state index contributed by atoms with van der Waals surface area (Å²) in [7, 11) is 0. The SMILES string of the molecule is O=C(NCC(c1ccccc1Cl)N1CCOCC1)c1ccc2nc(Cl)ccc2c1. The molecule has 3 aromatic rings. The Morgan fingerprint density at radius 3 is 2.69 bits per heavy atom. The molecule has 0 aliphatic carbocycles. The fraction of sp³-hybridized carbons (Fsp3) is 0.273. The normalized spacial score (nSPS) is 15.9. The van der Waals surface area contributed by atoms with Gasteiger partial charge >= 0.3 is 0 Å². The number of amides is 1. The fourth-order valence-electron chi connectivity index (χ4n) is 3.60. The Morgan fingerprint density at radius 2 is 1.90 bits per heavy atom. The van der Waals surface area contributed by atoms with E-state index in [9.17, 15) is 4.79 Å². The number of ether oxygens (including phenoxy) is 1. The van der Waals surface area contributed by atoms with Gasteiger partial charge in [0.25, 0.3) is 5.91 Å². The van der Waals surface area contributed by atoms with Gasteiger partial charge in [0.2, 0.25) is 0 Å². The summed E-state index contributed by atoms with van der Waals surface area (Å²) in [5.41, 5.74) is 2.35. The third-order valence-corrected chi connectivity index (χ3v) is 5.68. The maximum atomic E-state index is 12.8. The van der Waals surface area contributed by atoms with Crippen LogP contribution in [-0.2, 0) is 4.74 Å². The number of fused-ring (bicyclic) bond motifs is 1. The predicted octanol–water partition coefficient (Wildman–Crippen LogP) is 4.34. The van der Waals surface area contributed by atoms with Gasteiger partial charge in [-0.25, -0.2) is 4.98 Å². The van der Waals surface area contributed by atoms with Crippen molar-refractivity contribution < 1.29 is 9.53 Å². The molecule has 0 bridgehead atoms. The first-order valence-electron chi connectivity index (χ1n) is 9.52. The molecule has 1 fully saturated rings. The van der Waals surface area contributed by atoms with Crippen LogP contribution in [0.15, 0.2) is 54.6 Å². The van der Waals surface area contributed by atoms with Crippen LogP contribution >= 0.6 is 23.2 Å². The van der Waals surface area contributed by atoms with Crippen molar-refractivity contribution >= 4 is 40.0 Å². The van der Waals surface area contributed by atoms with E-state index in [0.29, 0.717) is 35.5 Å². The van der Waals surface area contributed by atoms with Crippen molar-refractivity contribution in [1.82, 2.24) is 15.2 Å². The smallest absolute Gasteiger partial charge is 0.251 e. The number of aromatic nitrogens is 1. The molecule has 4 rings (SSSR count). The summed E-state index contributed by atoms with van der Waals surface area (Å²) in [6.07, 6.45) is 0. The molecule has 150 valence electrons. The van der Waals surface area contributed by atoms with Crippen LogP contribution in [0.4, 0.5) is 0 Å². The second-order valence-corrected chi connectivity index (χ2v) is 7.73. The number of benzene rings is 2. The number of halogens is 2. The van der Waals surface area contributed by atoms with Crippen molar-refractivity contribution in [3.8, 4) is 0 Å². The number of hydrogen-bond donors (Lipinski definition) is 1. The second-order valence-electron chi connectivity index (χ2n) is 6.94. The molecule has 0 spiro atoms. The standard InChI is InChI=1S/C22H21Cl2N3O2/c23-18-4-2-1-3-17(18)20(27-9-11-29-12-10-27)14-25-22(28)16-5-7-19-15(13-16)6-8-21(24)26-19/h1-8,13,20H,9-12,14H2,(H,25,28). The quantitative estimate of drug-likeness (QED) is 0.612. The lowest BCUT2D eigenvalue weighted by atomic mass is 10.0. The molecule has 2 aromatic carbocycles. The van der Waals surface area contributed by atoms with E-state index < -0.39 is 0 Å². The van der Waals surface area contributed by atoms with Crippen LogP contribution < -0.4 is 5.32 Å². The summed E-state index contributed by atoms with van der Waals surface area (Å²) in [5, 5.41) is 5.08. The van der Waals surface area contributed by atoms with Gasteiger partial charge in [0.1, 0.15) is 5.15 Å². The molecule has 0 saturated carbocycles. The van der Waals surface area contributed by atoms with Crippen LogP contribution in [0.2, 0.25) is 10.2 Å². The van der Waals surface area contributed by atoms with Crippen LogP contribution in [0.3, 0.4) is 0 Å². The Kier molecular flexibility index (Phi) is 6.31. The van der Waals surface area contributed by atoms with Gasteiger partial charge in [-0.05, 0) is 42.0 Å². The monoisotopic (exact) mass is 429 g/mol. The molecule has 5 nitrogen and oxygen atoms in total. The molecule has 7 heteroatoms. The van der Waals surface area contributed by atoms with E-state index in [1.807, 2.05) is 42.5 Å². The molecule has 1 aliphatic rings. The van der Waals surface area contributed by atoms with Gasteiger partial charge < -0.3 is 10.1 Å². The first-order valence-corrected chi connectivity index (χ1v) is 10.3. The molecule has 29 heavy (non-hydrogen) atoms. The highest BCUT2D eigenvalue weighted by Crippen LogP contribution is 2.28. The minimum absolute atomic E-state index is 0.0162. The molecule has 1 atom stereocenters. The van der Waals surface area contributed by atoms with Gasteiger partial charge in [-0.15, -0.1) is 0 Å². The highest BCUT2D eigenvalue weighted by atomic mass is 35.5. The lowest BCUT2D eigenvalue weighted by molar-refractivity contribution is 0.0162. The van der Waals surface area contributed by atoms with Gasteiger partial charge in [0.15, 0.2) is 0 Å². The van der Waals surface area contributed by atoms with Crippen molar-refractivity contribution in [3.05, 3.63) is 75.9 Å². The third kappa shape index (κ3) is 4.70. The Hall–Kier alpha value is -2.18. The Bertz CT molecular complexity index is 1020. The summed E-state index contributed by atoms with van der Waals surface area (Å²) in [4.78, 5) is 19.4. The van der Waals surface area contributed by atoms with Crippen molar-refractivity contribution in [2.45, 2.75) is 6.04 Å². The Labute approximate surface area is 179 Å². The first kappa shape index (κ1) is 20.1. The Morgan fingerprint density at radius 1 is 1.10 bits per heavy atom. The van der Waals surface area contributed by atoms with E-state index in [-0.39, 0.29) is 11.9 Å². The number of rotatable bonds is 5. The van der Waals surface area contributed by atoms with E-state index in [2.05, 4.69) is 15.2 Å². The first-order chi connectivity index (χ1) is 14.1. The van der Waals surface area contributed by atoms with Crippen molar-refractivity contribution in [3.63, 3.8) is 0 Å². The van der Waals surface area contributed by atoms with Crippen LogP contribution in [0.5, 0.6) is 0 Å². The van der Waals surface area contributed by atoms with Crippen molar-refractivity contribution in [2.75, 3.05) is 32.8 Å². The van der Waals surface area contributed by atoms with Crippen molar-refractivity contribution in [2.24, 2.45) is 0 Å². The summed E-state index contributed by atoms with van der Waals surface area (Å²) in [6.45, 7) is 3.41. The molecule has 1 unspecified atom stereocenters. The van der Waals surface area contributed by atoms with Crippen LogP contribution in [-0.4, -0.2) is 48.6 Å². The highest BCUT2D eigenvalue weighted by Gasteiger charge is 2.25. The second kappa shape index (κ2) is 9.09. The number of morpholine rings is 1. The number of nitrogens with one attached hydrogen (secondary N) is 1. The summed E-state index contributed by atoms with van der Waals surface area (Å²) >= 11 is 12.4. The predicted molar refractivity (Wildman–Crippen MR) is 116 cm³/mol. The summed E-state index contributed by atoms with van der Waals surface area (Å²) in [6, 6.07) is 16.7.